The topological polar surface area (TPSA) is 149 Å². The highest BCUT2D eigenvalue weighted by molar-refractivity contribution is 6.02. The zero-order chi connectivity index (χ0) is 38.6. The summed E-state index contributed by atoms with van der Waals surface area (Å²) in [5, 5.41) is 35.2. The van der Waals surface area contributed by atoms with E-state index in [9.17, 15) is 20.1 Å². The minimum absolute atomic E-state index is 0.0505. The number of likely N-dealkylation sites (N-methyl/N-ethyl adjacent to an activating group) is 1. The van der Waals surface area contributed by atoms with Gasteiger partial charge in [0.1, 0.15) is 24.1 Å². The summed E-state index contributed by atoms with van der Waals surface area (Å²) in [6.45, 7) is 5.58. The third kappa shape index (κ3) is 9.55. The van der Waals surface area contributed by atoms with E-state index >= 15 is 0 Å². The predicted octanol–water partition coefficient (Wildman–Crippen LogP) is 6.84. The molecule has 12 nitrogen and oxygen atoms in total. The Balaban J connectivity index is 1.40. The van der Waals surface area contributed by atoms with Crippen LogP contribution in [0.2, 0.25) is 0 Å². The van der Waals surface area contributed by atoms with Gasteiger partial charge >= 0.3 is 6.09 Å². The van der Waals surface area contributed by atoms with Gasteiger partial charge in [-0.2, -0.15) is 0 Å². The number of oxime groups is 1. The number of carbonyl (C=O) groups is 1. The summed E-state index contributed by atoms with van der Waals surface area (Å²) in [5.41, 5.74) is 3.47. The first-order valence-corrected chi connectivity index (χ1v) is 20.0. The van der Waals surface area contributed by atoms with Crippen LogP contribution in [-0.4, -0.2) is 96.8 Å². The highest BCUT2D eigenvalue weighted by atomic mass is 16.8. The van der Waals surface area contributed by atoms with Gasteiger partial charge in [-0.1, -0.05) is 60.5 Å². The highest BCUT2D eigenvalue weighted by Gasteiger charge is 2.65. The molecule has 2 aromatic rings. The largest absolute Gasteiger partial charge is 0.508 e. The summed E-state index contributed by atoms with van der Waals surface area (Å²) < 4.78 is 31.4. The lowest BCUT2D eigenvalue weighted by Crippen LogP contribution is -2.69. The normalized spacial score (nSPS) is 27.6. The lowest BCUT2D eigenvalue weighted by molar-refractivity contribution is -0.254. The second-order valence-electron chi connectivity index (χ2n) is 15.0. The van der Waals surface area contributed by atoms with Gasteiger partial charge in [0.15, 0.2) is 0 Å². The number of aromatic hydroxyl groups is 1. The van der Waals surface area contributed by atoms with Crippen LogP contribution in [0, 0.1) is 17.8 Å². The summed E-state index contributed by atoms with van der Waals surface area (Å²) in [6, 6.07) is 14.3. The molecule has 1 unspecified atom stereocenters. The molecule has 2 aromatic carbocycles. The van der Waals surface area contributed by atoms with Crippen molar-refractivity contribution in [1.82, 2.24) is 4.90 Å². The van der Waals surface area contributed by atoms with Gasteiger partial charge in [0, 0.05) is 44.6 Å². The van der Waals surface area contributed by atoms with Crippen molar-refractivity contribution in [3.8, 4) is 11.5 Å². The smallest absolute Gasteiger partial charge is 0.410 e. The van der Waals surface area contributed by atoms with Gasteiger partial charge in [0.2, 0.25) is 12.1 Å². The van der Waals surface area contributed by atoms with Crippen LogP contribution in [-0.2, 0) is 30.4 Å². The van der Waals surface area contributed by atoms with Crippen molar-refractivity contribution in [3.63, 3.8) is 0 Å². The van der Waals surface area contributed by atoms with Crippen molar-refractivity contribution < 1.29 is 48.6 Å². The molecule has 0 spiro atoms. The van der Waals surface area contributed by atoms with Gasteiger partial charge in [-0.15, -0.1) is 6.58 Å². The average Bonchev–Trinajstić information content (AvgIpc) is 3.21. The van der Waals surface area contributed by atoms with E-state index in [2.05, 4.69) is 12.7 Å². The monoisotopic (exact) mass is 762 g/mol. The number of allylic oxidation sites excluding steroid dienone is 1. The zero-order valence-electron chi connectivity index (χ0n) is 32.1. The number of fused-ring (bicyclic) bond motifs is 2. The molecule has 12 heteroatoms. The Morgan fingerprint density at radius 2 is 1.85 bits per heavy atom. The number of hydrogen-bond donors (Lipinski definition) is 3. The standard InChI is InChI=1S/C43H58N2O10/c1-3-22-53-43-38(45(2)42(49)52-25-24-50-29-30-13-5-4-6-14-30)28-36(44-55-39-17-9-12-23-51-39)34-26-31(15-7-10-20-46)33(16-8-11-21-47)40(41(34)43)35-27-32(48)18-19-37(35)54-43/h3-6,13-14,18-19,26-27,31,33,38-41,46-48H,1,7-12,15-17,20-25,28-29H2,2H3/t31-,33+,38-,39?,40+,41+,43+/m0/s1. The van der Waals surface area contributed by atoms with Crippen LogP contribution in [0.5, 0.6) is 11.5 Å². The maximum absolute atomic E-state index is 14.0. The van der Waals surface area contributed by atoms with E-state index in [0.29, 0.717) is 37.5 Å². The SMILES string of the molecule is C=CCO[C@@]12Oc3ccc(O)cc3[C@H]3[C@H](CCCCO)[C@@H](CCCCO)C=C(C(=NOC4CCCCO4)C[C@@H]1N(C)C(=O)OCCOCc1ccccc1)[C@H]32. The number of rotatable bonds is 19. The number of benzene rings is 2. The lowest BCUT2D eigenvalue weighted by Gasteiger charge is -2.59. The summed E-state index contributed by atoms with van der Waals surface area (Å²) in [5.74, 6) is -1.29. The molecule has 55 heavy (non-hydrogen) atoms. The van der Waals surface area contributed by atoms with Gasteiger partial charge in [0.25, 0.3) is 0 Å². The number of phenols is 1. The fraction of sp³-hybridized carbons (Fsp3) is 0.581. The third-order valence-electron chi connectivity index (χ3n) is 11.4. The number of phenolic OH excluding ortho intramolecular Hbond substituents is 1. The fourth-order valence-corrected chi connectivity index (χ4v) is 8.84. The van der Waals surface area contributed by atoms with Crippen LogP contribution in [0.15, 0.2) is 78.0 Å². The van der Waals surface area contributed by atoms with E-state index in [1.807, 2.05) is 30.3 Å². The number of aliphatic hydroxyl groups excluding tert-OH is 2. The molecule has 4 aliphatic rings. The van der Waals surface area contributed by atoms with Gasteiger partial charge in [-0.25, -0.2) is 4.79 Å². The molecule has 1 saturated carbocycles. The number of ether oxygens (including phenoxy) is 5. The van der Waals surface area contributed by atoms with E-state index in [1.54, 1.807) is 36.2 Å². The van der Waals surface area contributed by atoms with E-state index in [4.69, 9.17) is 33.7 Å². The number of nitrogens with zero attached hydrogens (tertiary/aromatic N) is 2. The molecular weight excluding hydrogens is 704 g/mol. The highest BCUT2D eigenvalue weighted by Crippen LogP contribution is 2.61. The molecule has 0 bridgehead atoms. The van der Waals surface area contributed by atoms with Gasteiger partial charge in [-0.3, -0.25) is 0 Å². The Morgan fingerprint density at radius 1 is 1.05 bits per heavy atom. The molecule has 0 radical (unpaired) electrons. The van der Waals surface area contributed by atoms with Crippen LogP contribution in [0.1, 0.15) is 81.3 Å². The second kappa shape index (κ2) is 19.8. The van der Waals surface area contributed by atoms with Crippen molar-refractivity contribution in [2.45, 2.75) is 94.9 Å². The van der Waals surface area contributed by atoms with E-state index in [0.717, 1.165) is 61.6 Å². The molecule has 0 aromatic heterocycles. The maximum atomic E-state index is 14.0. The van der Waals surface area contributed by atoms with E-state index in [1.165, 1.54) is 0 Å². The number of aliphatic hydroxyl groups is 2. The van der Waals surface area contributed by atoms with Crippen LogP contribution in [0.4, 0.5) is 4.79 Å². The number of unbranched alkanes of at least 4 members (excludes halogenated alkanes) is 2. The number of carbonyl (C=O) groups excluding carboxylic acids is 1. The Kier molecular flexibility index (Phi) is 14.6. The van der Waals surface area contributed by atoms with E-state index in [-0.39, 0.29) is 63.0 Å². The summed E-state index contributed by atoms with van der Waals surface area (Å²) in [7, 11) is 1.69. The van der Waals surface area contributed by atoms with Crippen molar-refractivity contribution >= 4 is 11.8 Å². The molecule has 2 aliphatic carbocycles. The lowest BCUT2D eigenvalue weighted by atomic mass is 9.55. The van der Waals surface area contributed by atoms with Gasteiger partial charge in [0.05, 0.1) is 38.1 Å². The fourth-order valence-electron chi connectivity index (χ4n) is 8.84. The minimum Gasteiger partial charge on any atom is -0.508 e. The van der Waals surface area contributed by atoms with Gasteiger partial charge < -0.3 is 48.7 Å². The Hall–Kier alpha value is -3.94. The molecule has 300 valence electrons. The first-order valence-electron chi connectivity index (χ1n) is 20.0. The van der Waals surface area contributed by atoms with Crippen LogP contribution in [0.25, 0.3) is 0 Å². The molecule has 3 N–H and O–H groups in total. The molecule has 2 fully saturated rings. The quantitative estimate of drug-likeness (QED) is 0.0790. The Bertz CT molecular complexity index is 1610. The maximum Gasteiger partial charge on any atom is 0.410 e. The van der Waals surface area contributed by atoms with Crippen LogP contribution >= 0.6 is 0 Å². The minimum atomic E-state index is -1.40. The van der Waals surface area contributed by atoms with Crippen molar-refractivity contribution in [1.29, 1.82) is 0 Å². The molecule has 7 atom stereocenters. The van der Waals surface area contributed by atoms with Crippen molar-refractivity contribution in [2.24, 2.45) is 22.9 Å². The molecule has 6 rings (SSSR count). The van der Waals surface area contributed by atoms with Crippen LogP contribution in [0.3, 0.4) is 0 Å². The van der Waals surface area contributed by atoms with Crippen LogP contribution < -0.4 is 4.74 Å². The number of hydrogen-bond acceptors (Lipinski definition) is 11. The zero-order valence-corrected chi connectivity index (χ0v) is 32.1. The molecular formula is C43H58N2O10. The second-order valence-corrected chi connectivity index (χ2v) is 15.0. The molecule has 2 heterocycles. The molecule has 1 amide bonds. The summed E-state index contributed by atoms with van der Waals surface area (Å²) in [4.78, 5) is 21.7. The Morgan fingerprint density at radius 3 is 2.60 bits per heavy atom. The first kappa shape index (κ1) is 40.7. The Labute approximate surface area is 324 Å². The molecule has 1 saturated heterocycles. The first-order chi connectivity index (χ1) is 26.9. The van der Waals surface area contributed by atoms with Gasteiger partial charge in [-0.05, 0) is 79.7 Å². The van der Waals surface area contributed by atoms with Crippen molar-refractivity contribution in [3.05, 3.63) is 84.0 Å². The number of amides is 1. The predicted molar refractivity (Wildman–Crippen MR) is 207 cm³/mol. The molecule has 2 aliphatic heterocycles. The summed E-state index contributed by atoms with van der Waals surface area (Å²) >= 11 is 0. The third-order valence-corrected chi connectivity index (χ3v) is 11.4. The van der Waals surface area contributed by atoms with E-state index < -0.39 is 30.1 Å². The summed E-state index contributed by atoms with van der Waals surface area (Å²) in [6.07, 6.45) is 10.4. The average molecular weight is 763 g/mol. The van der Waals surface area contributed by atoms with Crippen molar-refractivity contribution in [2.75, 3.05) is 46.7 Å².